The maximum absolute atomic E-state index is 12.2. The first-order valence-corrected chi connectivity index (χ1v) is 11.5. The van der Waals surface area contributed by atoms with Crippen molar-refractivity contribution in [2.45, 2.75) is 71.8 Å². The van der Waals surface area contributed by atoms with Crippen molar-refractivity contribution in [2.24, 2.45) is 0 Å². The van der Waals surface area contributed by atoms with E-state index in [1.807, 2.05) is 24.3 Å². The van der Waals surface area contributed by atoms with Crippen LogP contribution in [0.4, 0.5) is 4.79 Å². The fourth-order valence-electron chi connectivity index (χ4n) is 3.22. The fraction of sp³-hybridized carbons (Fsp3) is 0.667. The fourth-order valence-corrected chi connectivity index (χ4v) is 3.22. The molecule has 0 spiro atoms. The summed E-state index contributed by atoms with van der Waals surface area (Å²) >= 11 is 0. The minimum atomic E-state index is -0.966. The van der Waals surface area contributed by atoms with Gasteiger partial charge >= 0.3 is 12.1 Å². The van der Waals surface area contributed by atoms with Crippen LogP contribution >= 0.6 is 0 Å². The van der Waals surface area contributed by atoms with Gasteiger partial charge in [0.15, 0.2) is 6.10 Å². The Morgan fingerprint density at radius 1 is 0.935 bits per heavy atom. The van der Waals surface area contributed by atoms with E-state index in [4.69, 9.17) is 14.2 Å². The van der Waals surface area contributed by atoms with Crippen LogP contribution in [-0.4, -0.2) is 61.1 Å². The number of carbonyl (C=O) groups is 2. The number of benzene rings is 1. The van der Waals surface area contributed by atoms with Crippen molar-refractivity contribution in [2.75, 3.05) is 32.9 Å². The van der Waals surface area contributed by atoms with Gasteiger partial charge < -0.3 is 24.2 Å². The highest BCUT2D eigenvalue weighted by molar-refractivity contribution is 5.72. The summed E-state index contributed by atoms with van der Waals surface area (Å²) in [6.45, 7) is 7.98. The van der Waals surface area contributed by atoms with Gasteiger partial charge in [-0.1, -0.05) is 51.2 Å². The van der Waals surface area contributed by atoms with Crippen LogP contribution in [0, 0.1) is 0 Å². The minimum Gasteiger partial charge on any atom is -0.492 e. The Hall–Kier alpha value is -2.28. The molecule has 1 amide bonds. The third-order valence-electron chi connectivity index (χ3n) is 4.93. The van der Waals surface area contributed by atoms with Gasteiger partial charge in [0.1, 0.15) is 12.4 Å². The van der Waals surface area contributed by atoms with Crippen molar-refractivity contribution in [3.05, 3.63) is 29.8 Å². The van der Waals surface area contributed by atoms with Crippen molar-refractivity contribution in [1.29, 1.82) is 0 Å². The highest BCUT2D eigenvalue weighted by Crippen LogP contribution is 2.15. The molecule has 1 aromatic carbocycles. The van der Waals surface area contributed by atoms with Crippen molar-refractivity contribution >= 4 is 12.1 Å². The molecule has 7 heteroatoms. The molecule has 1 unspecified atom stereocenters. The number of amides is 1. The Labute approximate surface area is 186 Å². The molecule has 0 bridgehead atoms. The Morgan fingerprint density at radius 2 is 1.61 bits per heavy atom. The van der Waals surface area contributed by atoms with Gasteiger partial charge in [0.05, 0.1) is 13.2 Å². The Balaban J connectivity index is 2.46. The highest BCUT2D eigenvalue weighted by atomic mass is 16.6. The standard InChI is InChI=1S/C24H39NO6/c1-4-7-8-9-10-11-16-25(24(28)30-6-3)17-18-31-21-14-12-20(13-15-21)19-22(23(26)27)29-5-2/h12-15,22H,4-11,16-19H2,1-3H3,(H,26,27). The monoisotopic (exact) mass is 437 g/mol. The quantitative estimate of drug-likeness (QED) is 0.348. The zero-order chi connectivity index (χ0) is 22.9. The maximum Gasteiger partial charge on any atom is 0.409 e. The first kappa shape index (κ1) is 26.8. The molecule has 0 saturated heterocycles. The molecule has 31 heavy (non-hydrogen) atoms. The van der Waals surface area contributed by atoms with Crippen molar-refractivity contribution in [1.82, 2.24) is 4.90 Å². The van der Waals surface area contributed by atoms with Gasteiger partial charge in [-0.3, -0.25) is 0 Å². The molecule has 0 radical (unpaired) electrons. The summed E-state index contributed by atoms with van der Waals surface area (Å²) in [7, 11) is 0. The number of ether oxygens (including phenoxy) is 3. The Bertz CT molecular complexity index is 619. The summed E-state index contributed by atoms with van der Waals surface area (Å²) in [5.74, 6) is -0.290. The van der Waals surface area contributed by atoms with Crippen molar-refractivity contribution in [3.8, 4) is 5.75 Å². The van der Waals surface area contributed by atoms with E-state index in [1.165, 1.54) is 25.7 Å². The van der Waals surface area contributed by atoms with E-state index in [0.29, 0.717) is 45.1 Å². The first-order valence-electron chi connectivity index (χ1n) is 11.5. The normalized spacial score (nSPS) is 11.7. The summed E-state index contributed by atoms with van der Waals surface area (Å²) < 4.78 is 16.2. The molecule has 176 valence electrons. The van der Waals surface area contributed by atoms with Crippen molar-refractivity contribution < 1.29 is 28.9 Å². The van der Waals surface area contributed by atoms with Gasteiger partial charge in [-0.2, -0.15) is 0 Å². The summed E-state index contributed by atoms with van der Waals surface area (Å²) in [4.78, 5) is 25.1. The van der Waals surface area contributed by atoms with Gasteiger partial charge in [-0.25, -0.2) is 9.59 Å². The molecule has 0 aliphatic heterocycles. The van der Waals surface area contributed by atoms with E-state index in [-0.39, 0.29) is 6.09 Å². The molecule has 0 aliphatic rings. The number of hydrogen-bond donors (Lipinski definition) is 1. The van der Waals surface area contributed by atoms with Crippen LogP contribution in [0.2, 0.25) is 0 Å². The molecule has 0 saturated carbocycles. The molecular formula is C24H39NO6. The SMILES string of the molecule is CCCCCCCCN(CCOc1ccc(CC(OCC)C(=O)O)cc1)C(=O)OCC. The lowest BCUT2D eigenvalue weighted by molar-refractivity contribution is -0.149. The third-order valence-corrected chi connectivity index (χ3v) is 4.93. The lowest BCUT2D eigenvalue weighted by Gasteiger charge is -2.22. The van der Waals surface area contributed by atoms with E-state index in [1.54, 1.807) is 18.7 Å². The average Bonchev–Trinajstić information content (AvgIpc) is 2.75. The topological polar surface area (TPSA) is 85.3 Å². The summed E-state index contributed by atoms with van der Waals surface area (Å²) in [6.07, 6.45) is 6.14. The number of nitrogens with zero attached hydrogens (tertiary/aromatic N) is 1. The molecule has 1 rings (SSSR count). The second-order valence-electron chi connectivity index (χ2n) is 7.43. The van der Waals surface area contributed by atoms with Crippen LogP contribution in [0.15, 0.2) is 24.3 Å². The van der Waals surface area contributed by atoms with Gasteiger partial charge in [-0.15, -0.1) is 0 Å². The van der Waals surface area contributed by atoms with Gasteiger partial charge in [0, 0.05) is 19.6 Å². The number of carboxylic acid groups (broad SMARTS) is 1. The molecule has 0 heterocycles. The molecule has 0 aliphatic carbocycles. The van der Waals surface area contributed by atoms with Crippen LogP contribution in [-0.2, 0) is 20.7 Å². The van der Waals surface area contributed by atoms with E-state index in [0.717, 1.165) is 18.4 Å². The maximum atomic E-state index is 12.2. The van der Waals surface area contributed by atoms with E-state index in [2.05, 4.69) is 6.92 Å². The second-order valence-corrected chi connectivity index (χ2v) is 7.43. The smallest absolute Gasteiger partial charge is 0.409 e. The number of rotatable bonds is 17. The molecule has 7 nitrogen and oxygen atoms in total. The van der Waals surface area contributed by atoms with E-state index >= 15 is 0 Å². The molecule has 1 N–H and O–H groups in total. The number of carbonyl (C=O) groups excluding carboxylic acids is 1. The van der Waals surface area contributed by atoms with Crippen LogP contribution in [0.3, 0.4) is 0 Å². The van der Waals surface area contributed by atoms with Crippen molar-refractivity contribution in [3.63, 3.8) is 0 Å². The first-order chi connectivity index (χ1) is 15.0. The molecular weight excluding hydrogens is 398 g/mol. The zero-order valence-electron chi connectivity index (χ0n) is 19.3. The van der Waals surface area contributed by atoms with Crippen LogP contribution < -0.4 is 4.74 Å². The molecule has 1 atom stereocenters. The minimum absolute atomic E-state index is 0.300. The Morgan fingerprint density at radius 3 is 2.23 bits per heavy atom. The molecule has 0 aromatic heterocycles. The summed E-state index contributed by atoms with van der Waals surface area (Å²) in [6, 6.07) is 7.29. The largest absolute Gasteiger partial charge is 0.492 e. The number of hydrogen-bond acceptors (Lipinski definition) is 5. The zero-order valence-corrected chi connectivity index (χ0v) is 19.3. The summed E-state index contributed by atoms with van der Waals surface area (Å²) in [5, 5.41) is 9.19. The predicted molar refractivity (Wildman–Crippen MR) is 121 cm³/mol. The van der Waals surface area contributed by atoms with Crippen LogP contribution in [0.1, 0.15) is 64.9 Å². The molecule has 1 aromatic rings. The predicted octanol–water partition coefficient (Wildman–Crippen LogP) is 4.92. The number of carboxylic acids is 1. The van der Waals surface area contributed by atoms with Gasteiger partial charge in [-0.05, 0) is 38.0 Å². The summed E-state index contributed by atoms with van der Waals surface area (Å²) in [5.41, 5.74) is 0.865. The lowest BCUT2D eigenvalue weighted by Crippen LogP contribution is -2.36. The highest BCUT2D eigenvalue weighted by Gasteiger charge is 2.18. The third kappa shape index (κ3) is 11.6. The number of aliphatic carboxylic acids is 1. The molecule has 0 fully saturated rings. The van der Waals surface area contributed by atoms with Crippen LogP contribution in [0.25, 0.3) is 0 Å². The lowest BCUT2D eigenvalue weighted by atomic mass is 10.1. The van der Waals surface area contributed by atoms with E-state index in [9.17, 15) is 14.7 Å². The van der Waals surface area contributed by atoms with Gasteiger partial charge in [0.2, 0.25) is 0 Å². The number of unbranched alkanes of at least 4 members (excludes halogenated alkanes) is 5. The average molecular weight is 438 g/mol. The Kier molecular flexibility index (Phi) is 14.2. The van der Waals surface area contributed by atoms with E-state index < -0.39 is 12.1 Å². The van der Waals surface area contributed by atoms with Gasteiger partial charge in [0.25, 0.3) is 0 Å². The van der Waals surface area contributed by atoms with Crippen LogP contribution in [0.5, 0.6) is 5.75 Å². The second kappa shape index (κ2) is 16.4.